The maximum atomic E-state index is 5.80. The summed E-state index contributed by atoms with van der Waals surface area (Å²) in [5.41, 5.74) is 4.10. The standard InChI is InChI=1S/C20H32O/c1-10-11-14(2)15-12-16(19(3,4)5)18(21-9)17(13-15)20(6,7)8/h10,12-14H,1,11H2,2-9H3. The predicted octanol–water partition coefficient (Wildman–Crippen LogP) is 5.97. The maximum absolute atomic E-state index is 5.80. The second kappa shape index (κ2) is 6.25. The average molecular weight is 288 g/mol. The second-order valence-corrected chi connectivity index (χ2v) is 8.07. The molecular weight excluding hydrogens is 256 g/mol. The van der Waals surface area contributed by atoms with Gasteiger partial charge in [-0.25, -0.2) is 0 Å². The van der Waals surface area contributed by atoms with E-state index in [-0.39, 0.29) is 10.8 Å². The van der Waals surface area contributed by atoms with Crippen LogP contribution >= 0.6 is 0 Å². The number of methoxy groups -OCH3 is 1. The molecule has 0 fully saturated rings. The van der Waals surface area contributed by atoms with Crippen molar-refractivity contribution in [2.24, 2.45) is 0 Å². The van der Waals surface area contributed by atoms with E-state index < -0.39 is 0 Å². The van der Waals surface area contributed by atoms with Crippen molar-refractivity contribution in [3.63, 3.8) is 0 Å². The van der Waals surface area contributed by atoms with E-state index >= 15 is 0 Å². The van der Waals surface area contributed by atoms with Gasteiger partial charge >= 0.3 is 0 Å². The molecule has 1 rings (SSSR count). The summed E-state index contributed by atoms with van der Waals surface area (Å²) in [5.74, 6) is 1.53. The molecule has 0 heterocycles. The van der Waals surface area contributed by atoms with Crippen molar-refractivity contribution in [2.45, 2.75) is 71.6 Å². The molecule has 0 aromatic heterocycles. The highest BCUT2D eigenvalue weighted by Gasteiger charge is 2.28. The normalized spacial score (nSPS) is 13.9. The quantitative estimate of drug-likeness (QED) is 0.620. The van der Waals surface area contributed by atoms with Crippen molar-refractivity contribution in [1.82, 2.24) is 0 Å². The lowest BCUT2D eigenvalue weighted by molar-refractivity contribution is 0.381. The Bertz CT molecular complexity index is 463. The van der Waals surface area contributed by atoms with Crippen LogP contribution in [0.5, 0.6) is 5.75 Å². The van der Waals surface area contributed by atoms with Crippen molar-refractivity contribution in [2.75, 3.05) is 7.11 Å². The fraction of sp³-hybridized carbons (Fsp3) is 0.600. The molecule has 0 aliphatic rings. The Morgan fingerprint density at radius 2 is 1.48 bits per heavy atom. The molecule has 1 nitrogen and oxygen atoms in total. The Morgan fingerprint density at radius 3 is 1.76 bits per heavy atom. The van der Waals surface area contributed by atoms with Gasteiger partial charge in [-0.1, -0.05) is 66.7 Å². The number of allylic oxidation sites excluding steroid dienone is 1. The van der Waals surface area contributed by atoms with Crippen LogP contribution in [0.1, 0.15) is 77.5 Å². The van der Waals surface area contributed by atoms with Crippen LogP contribution in [0.4, 0.5) is 0 Å². The highest BCUT2D eigenvalue weighted by atomic mass is 16.5. The molecular formula is C20H32O. The lowest BCUT2D eigenvalue weighted by Crippen LogP contribution is -2.20. The summed E-state index contributed by atoms with van der Waals surface area (Å²) < 4.78 is 5.80. The third-order valence-corrected chi connectivity index (χ3v) is 4.02. The van der Waals surface area contributed by atoms with Crippen molar-refractivity contribution < 1.29 is 4.74 Å². The van der Waals surface area contributed by atoms with E-state index in [1.54, 1.807) is 7.11 Å². The van der Waals surface area contributed by atoms with Gasteiger partial charge in [0.25, 0.3) is 0 Å². The van der Waals surface area contributed by atoms with Gasteiger partial charge in [0, 0.05) is 11.1 Å². The summed E-state index contributed by atoms with van der Waals surface area (Å²) in [6.07, 6.45) is 3.00. The SMILES string of the molecule is C=CCC(C)c1cc(C(C)(C)C)c(OC)c(C(C)(C)C)c1. The van der Waals surface area contributed by atoms with Gasteiger partial charge in [-0.2, -0.15) is 0 Å². The first kappa shape index (κ1) is 17.8. The van der Waals surface area contributed by atoms with E-state index in [0.29, 0.717) is 5.92 Å². The molecule has 1 heteroatoms. The molecule has 0 aliphatic heterocycles. The van der Waals surface area contributed by atoms with E-state index in [1.165, 1.54) is 16.7 Å². The summed E-state index contributed by atoms with van der Waals surface area (Å²) in [4.78, 5) is 0. The van der Waals surface area contributed by atoms with Gasteiger partial charge in [-0.05, 0) is 28.7 Å². The number of ether oxygens (including phenoxy) is 1. The summed E-state index contributed by atoms with van der Waals surface area (Å²) in [6, 6.07) is 4.64. The van der Waals surface area contributed by atoms with Gasteiger partial charge in [0.1, 0.15) is 5.75 Å². The largest absolute Gasteiger partial charge is 0.496 e. The first-order valence-corrected chi connectivity index (χ1v) is 7.86. The third-order valence-electron chi connectivity index (χ3n) is 4.02. The summed E-state index contributed by atoms with van der Waals surface area (Å²) in [6.45, 7) is 19.6. The molecule has 1 aromatic rings. The minimum atomic E-state index is 0.0647. The van der Waals surface area contributed by atoms with E-state index in [0.717, 1.165) is 12.2 Å². The fourth-order valence-electron chi connectivity index (χ4n) is 2.66. The molecule has 1 aromatic carbocycles. The van der Waals surface area contributed by atoms with Crippen molar-refractivity contribution in [1.29, 1.82) is 0 Å². The Kier molecular flexibility index (Phi) is 5.30. The topological polar surface area (TPSA) is 9.23 Å². The first-order valence-electron chi connectivity index (χ1n) is 7.86. The smallest absolute Gasteiger partial charge is 0.126 e. The van der Waals surface area contributed by atoms with Gasteiger partial charge in [0.15, 0.2) is 0 Å². The Labute approximate surface area is 131 Å². The van der Waals surface area contributed by atoms with Crippen LogP contribution in [0, 0.1) is 0 Å². The minimum Gasteiger partial charge on any atom is -0.496 e. The van der Waals surface area contributed by atoms with Gasteiger partial charge in [0.05, 0.1) is 7.11 Å². The number of hydrogen-bond acceptors (Lipinski definition) is 1. The molecule has 21 heavy (non-hydrogen) atoms. The molecule has 0 amide bonds. The molecule has 0 radical (unpaired) electrons. The van der Waals surface area contributed by atoms with E-state index in [2.05, 4.69) is 67.2 Å². The van der Waals surface area contributed by atoms with E-state index in [9.17, 15) is 0 Å². The molecule has 1 atom stereocenters. The molecule has 0 bridgehead atoms. The number of hydrogen-bond donors (Lipinski definition) is 0. The third kappa shape index (κ3) is 4.12. The highest BCUT2D eigenvalue weighted by Crippen LogP contribution is 2.42. The van der Waals surface area contributed by atoms with Crippen LogP contribution in [0.3, 0.4) is 0 Å². The predicted molar refractivity (Wildman–Crippen MR) is 93.6 cm³/mol. The lowest BCUT2D eigenvalue weighted by atomic mass is 9.77. The van der Waals surface area contributed by atoms with Crippen LogP contribution in [0.25, 0.3) is 0 Å². The summed E-state index contributed by atoms with van der Waals surface area (Å²) in [5, 5.41) is 0. The van der Waals surface area contributed by atoms with Crippen LogP contribution in [-0.2, 0) is 10.8 Å². The Hall–Kier alpha value is -1.24. The highest BCUT2D eigenvalue weighted by molar-refractivity contribution is 5.51. The van der Waals surface area contributed by atoms with Crippen molar-refractivity contribution >= 4 is 0 Å². The van der Waals surface area contributed by atoms with Crippen molar-refractivity contribution in [3.05, 3.63) is 41.5 Å². The van der Waals surface area contributed by atoms with Crippen LogP contribution in [0.2, 0.25) is 0 Å². The van der Waals surface area contributed by atoms with Crippen molar-refractivity contribution in [3.8, 4) is 5.75 Å². The zero-order valence-electron chi connectivity index (χ0n) is 15.1. The molecule has 0 saturated carbocycles. The zero-order chi connectivity index (χ0) is 16.4. The van der Waals surface area contributed by atoms with Gasteiger partial charge in [-0.15, -0.1) is 6.58 Å². The molecule has 1 unspecified atom stereocenters. The minimum absolute atomic E-state index is 0.0647. The molecule has 0 N–H and O–H groups in total. The Balaban J connectivity index is 3.62. The molecule has 0 aliphatic carbocycles. The van der Waals surface area contributed by atoms with Crippen LogP contribution < -0.4 is 4.74 Å². The fourth-order valence-corrected chi connectivity index (χ4v) is 2.66. The van der Waals surface area contributed by atoms with Crippen LogP contribution in [0.15, 0.2) is 24.8 Å². The monoisotopic (exact) mass is 288 g/mol. The maximum Gasteiger partial charge on any atom is 0.126 e. The van der Waals surface area contributed by atoms with Gasteiger partial charge in [-0.3, -0.25) is 0 Å². The summed E-state index contributed by atoms with van der Waals surface area (Å²) >= 11 is 0. The molecule has 0 spiro atoms. The van der Waals surface area contributed by atoms with E-state index in [1.807, 2.05) is 6.08 Å². The lowest BCUT2D eigenvalue weighted by Gasteiger charge is -2.30. The first-order chi connectivity index (χ1) is 9.52. The van der Waals surface area contributed by atoms with E-state index in [4.69, 9.17) is 4.74 Å². The molecule has 0 saturated heterocycles. The second-order valence-electron chi connectivity index (χ2n) is 8.07. The summed E-state index contributed by atoms with van der Waals surface area (Å²) in [7, 11) is 1.78. The van der Waals surface area contributed by atoms with Crippen LogP contribution in [-0.4, -0.2) is 7.11 Å². The molecule has 118 valence electrons. The Morgan fingerprint density at radius 1 is 1.05 bits per heavy atom. The number of rotatable bonds is 4. The van der Waals surface area contributed by atoms with Gasteiger partial charge in [0.2, 0.25) is 0 Å². The zero-order valence-corrected chi connectivity index (χ0v) is 15.1. The average Bonchev–Trinajstić information content (AvgIpc) is 2.35. The number of benzene rings is 1. The van der Waals surface area contributed by atoms with Gasteiger partial charge < -0.3 is 4.74 Å².